The highest BCUT2D eigenvalue weighted by Gasteiger charge is 2.31. The lowest BCUT2D eigenvalue weighted by molar-refractivity contribution is -0.137. The maximum absolute atomic E-state index is 12.8. The van der Waals surface area contributed by atoms with Gasteiger partial charge < -0.3 is 9.80 Å². The van der Waals surface area contributed by atoms with E-state index in [0.717, 1.165) is 86.6 Å². The summed E-state index contributed by atoms with van der Waals surface area (Å²) in [5.41, 5.74) is 1.86. The Morgan fingerprint density at radius 1 is 1.06 bits per heavy atom. The van der Waals surface area contributed by atoms with E-state index >= 15 is 0 Å². The Kier molecular flexibility index (Phi) is 6.29. The molecule has 174 valence electrons. The molecule has 1 aliphatic carbocycles. The quantitative estimate of drug-likeness (QED) is 0.555. The van der Waals surface area contributed by atoms with Crippen molar-refractivity contribution in [1.82, 2.24) is 24.6 Å². The summed E-state index contributed by atoms with van der Waals surface area (Å²) in [7, 11) is 0. The molecule has 1 atom stereocenters. The fourth-order valence-electron chi connectivity index (χ4n) is 4.95. The van der Waals surface area contributed by atoms with Crippen molar-refractivity contribution >= 4 is 22.8 Å². The molecule has 1 amide bonds. The van der Waals surface area contributed by atoms with Crippen LogP contribution in [0.3, 0.4) is 0 Å². The van der Waals surface area contributed by atoms with Crippen LogP contribution in [0.2, 0.25) is 0 Å². The van der Waals surface area contributed by atoms with Gasteiger partial charge in [-0.3, -0.25) is 4.79 Å². The van der Waals surface area contributed by atoms with E-state index in [1.807, 2.05) is 29.1 Å². The van der Waals surface area contributed by atoms with E-state index in [1.165, 1.54) is 6.42 Å². The normalized spacial score (nSPS) is 18.2. The van der Waals surface area contributed by atoms with Gasteiger partial charge in [-0.25, -0.2) is 14.6 Å². The largest absolute Gasteiger partial charge is 0.354 e. The van der Waals surface area contributed by atoms with E-state index in [4.69, 9.17) is 15.1 Å². The van der Waals surface area contributed by atoms with Crippen LogP contribution in [0.1, 0.15) is 64.1 Å². The third-order valence-electron chi connectivity index (χ3n) is 7.15. The van der Waals surface area contributed by atoms with Crippen molar-refractivity contribution in [3.63, 3.8) is 0 Å². The second-order valence-corrected chi connectivity index (χ2v) is 9.52. The van der Waals surface area contributed by atoms with Gasteiger partial charge in [0.1, 0.15) is 11.6 Å². The highest BCUT2D eigenvalue weighted by atomic mass is 16.2. The van der Waals surface area contributed by atoms with Crippen LogP contribution in [0, 0.1) is 5.92 Å². The van der Waals surface area contributed by atoms with Crippen LogP contribution >= 0.6 is 0 Å². The topological polar surface area (TPSA) is 67.2 Å². The van der Waals surface area contributed by atoms with Gasteiger partial charge in [-0.15, -0.1) is 0 Å². The van der Waals surface area contributed by atoms with Crippen LogP contribution in [-0.4, -0.2) is 56.7 Å². The number of carbonyl (C=O) groups excluding carboxylic acids is 1. The number of amides is 1. The third-order valence-corrected chi connectivity index (χ3v) is 7.15. The molecule has 0 radical (unpaired) electrons. The number of anilines is 1. The first-order valence-corrected chi connectivity index (χ1v) is 12.5. The summed E-state index contributed by atoms with van der Waals surface area (Å²) in [6, 6.07) is 10.2. The Labute approximate surface area is 195 Å². The van der Waals surface area contributed by atoms with E-state index in [0.29, 0.717) is 5.91 Å². The number of para-hydroxylation sites is 1. The van der Waals surface area contributed by atoms with E-state index < -0.39 is 0 Å². The molecule has 7 heteroatoms. The monoisotopic (exact) mass is 446 g/mol. The fraction of sp³-hybridized carbons (Fsp3) is 0.538. The van der Waals surface area contributed by atoms with Gasteiger partial charge in [0.05, 0.1) is 17.3 Å². The number of nitrogens with zero attached hydrogens (tertiary/aromatic N) is 6. The molecule has 1 unspecified atom stereocenters. The first kappa shape index (κ1) is 21.9. The number of rotatable bonds is 6. The van der Waals surface area contributed by atoms with Crippen molar-refractivity contribution in [2.45, 2.75) is 58.3 Å². The summed E-state index contributed by atoms with van der Waals surface area (Å²) in [4.78, 5) is 27.3. The van der Waals surface area contributed by atoms with Gasteiger partial charge in [0.25, 0.3) is 0 Å². The Hall–Kier alpha value is -2.96. The average molecular weight is 447 g/mol. The molecule has 5 rings (SSSR count). The van der Waals surface area contributed by atoms with Crippen LogP contribution in [0.15, 0.2) is 36.5 Å². The maximum atomic E-state index is 12.8. The lowest BCUT2D eigenvalue weighted by Gasteiger charge is -2.31. The number of fused-ring (bicyclic) bond motifs is 1. The van der Waals surface area contributed by atoms with Crippen molar-refractivity contribution in [3.05, 3.63) is 42.4 Å². The fourth-order valence-corrected chi connectivity index (χ4v) is 4.95. The summed E-state index contributed by atoms with van der Waals surface area (Å²) in [6.45, 7) is 7.68. The van der Waals surface area contributed by atoms with Crippen molar-refractivity contribution in [1.29, 1.82) is 0 Å². The van der Waals surface area contributed by atoms with E-state index in [-0.39, 0.29) is 11.8 Å². The van der Waals surface area contributed by atoms with Crippen molar-refractivity contribution in [3.8, 4) is 5.69 Å². The number of hydrogen-bond donors (Lipinski definition) is 0. The summed E-state index contributed by atoms with van der Waals surface area (Å²) in [5, 5.41) is 5.68. The number of carbonyl (C=O) groups is 1. The van der Waals surface area contributed by atoms with Gasteiger partial charge in [0, 0.05) is 38.0 Å². The number of hydrogen-bond acceptors (Lipinski definition) is 5. The maximum Gasteiger partial charge on any atom is 0.225 e. The van der Waals surface area contributed by atoms with Gasteiger partial charge in [0.15, 0.2) is 5.65 Å². The minimum Gasteiger partial charge on any atom is -0.354 e. The molecule has 7 nitrogen and oxygen atoms in total. The molecule has 2 aliphatic rings. The zero-order valence-corrected chi connectivity index (χ0v) is 19.8. The molecule has 2 fully saturated rings. The minimum atomic E-state index is 0.257. The molecule has 3 aromatic rings. The molecule has 1 saturated carbocycles. The molecule has 0 spiro atoms. The third kappa shape index (κ3) is 4.33. The molecule has 0 bridgehead atoms. The van der Waals surface area contributed by atoms with Gasteiger partial charge in [-0.1, -0.05) is 44.9 Å². The standard InChI is InChI=1S/C26H34N6O/c1-3-9-19(2)23-28-24(22-18-27-32(25(22)29-23)21-12-5-4-6-13-21)30-14-8-15-31(17-16-30)26(33)20-10-7-11-20/h4-6,12-13,18-20H,3,7-11,14-17H2,1-2H3. The number of aromatic nitrogens is 4. The second-order valence-electron chi connectivity index (χ2n) is 9.52. The van der Waals surface area contributed by atoms with Crippen LogP contribution in [0.5, 0.6) is 0 Å². The zero-order valence-electron chi connectivity index (χ0n) is 19.8. The predicted octanol–water partition coefficient (Wildman–Crippen LogP) is 4.56. The molecular formula is C26H34N6O. The lowest BCUT2D eigenvalue weighted by Crippen LogP contribution is -2.41. The first-order chi connectivity index (χ1) is 16.2. The highest BCUT2D eigenvalue weighted by Crippen LogP contribution is 2.31. The minimum absolute atomic E-state index is 0.257. The van der Waals surface area contributed by atoms with Crippen LogP contribution in [0.25, 0.3) is 16.7 Å². The molecule has 1 saturated heterocycles. The van der Waals surface area contributed by atoms with Gasteiger partial charge in [0.2, 0.25) is 5.91 Å². The van der Waals surface area contributed by atoms with Gasteiger partial charge >= 0.3 is 0 Å². The SMILES string of the molecule is CCCC(C)c1nc(N2CCCN(C(=O)C3CCC3)CC2)c2cnn(-c3ccccc3)c2n1. The summed E-state index contributed by atoms with van der Waals surface area (Å²) in [6.07, 6.45) is 8.31. The van der Waals surface area contributed by atoms with Crippen molar-refractivity contribution in [2.75, 3.05) is 31.1 Å². The molecule has 0 N–H and O–H groups in total. The van der Waals surface area contributed by atoms with Crippen molar-refractivity contribution < 1.29 is 4.79 Å². The second kappa shape index (κ2) is 9.49. The van der Waals surface area contributed by atoms with Crippen LogP contribution < -0.4 is 4.90 Å². The summed E-state index contributed by atoms with van der Waals surface area (Å²) in [5.74, 6) is 2.72. The molecule has 33 heavy (non-hydrogen) atoms. The Morgan fingerprint density at radius 3 is 2.61 bits per heavy atom. The summed E-state index contributed by atoms with van der Waals surface area (Å²) >= 11 is 0. The Morgan fingerprint density at radius 2 is 1.88 bits per heavy atom. The van der Waals surface area contributed by atoms with Gasteiger partial charge in [-0.05, 0) is 37.8 Å². The first-order valence-electron chi connectivity index (χ1n) is 12.5. The number of benzene rings is 1. The molecular weight excluding hydrogens is 412 g/mol. The zero-order chi connectivity index (χ0) is 22.8. The molecule has 2 aromatic heterocycles. The molecule has 1 aromatic carbocycles. The lowest BCUT2D eigenvalue weighted by atomic mass is 9.84. The predicted molar refractivity (Wildman–Crippen MR) is 131 cm³/mol. The van der Waals surface area contributed by atoms with Crippen LogP contribution in [0.4, 0.5) is 5.82 Å². The Balaban J connectivity index is 1.50. The summed E-state index contributed by atoms with van der Waals surface area (Å²) < 4.78 is 1.92. The van der Waals surface area contributed by atoms with Crippen LogP contribution in [-0.2, 0) is 4.79 Å². The smallest absolute Gasteiger partial charge is 0.225 e. The van der Waals surface area contributed by atoms with Gasteiger partial charge in [-0.2, -0.15) is 5.10 Å². The molecule has 3 heterocycles. The van der Waals surface area contributed by atoms with E-state index in [1.54, 1.807) is 0 Å². The molecule has 1 aliphatic heterocycles. The average Bonchev–Trinajstić information content (AvgIpc) is 3.07. The van der Waals surface area contributed by atoms with Crippen molar-refractivity contribution in [2.24, 2.45) is 5.92 Å². The van der Waals surface area contributed by atoms with E-state index in [9.17, 15) is 4.79 Å². The Bertz CT molecular complexity index is 1110. The van der Waals surface area contributed by atoms with E-state index in [2.05, 4.69) is 35.8 Å². The highest BCUT2D eigenvalue weighted by molar-refractivity contribution is 5.88.